The lowest BCUT2D eigenvalue weighted by atomic mass is 10.0. The molecule has 10 rings (SSSR count). The number of hydrogen-bond donors (Lipinski definition) is 0. The van der Waals surface area contributed by atoms with Crippen LogP contribution < -0.4 is 9.80 Å². The molecule has 3 atom stereocenters. The van der Waals surface area contributed by atoms with Gasteiger partial charge < -0.3 is 9.80 Å². The number of benzene rings is 2. The summed E-state index contributed by atoms with van der Waals surface area (Å²) in [4.78, 5) is 34.5. The zero-order chi connectivity index (χ0) is 41.9. The van der Waals surface area contributed by atoms with E-state index in [-0.39, 0.29) is 24.2 Å². The molecule has 3 unspecified atom stereocenters. The van der Waals surface area contributed by atoms with Gasteiger partial charge in [0.05, 0.1) is 24.5 Å². The summed E-state index contributed by atoms with van der Waals surface area (Å²) in [6.45, 7) is 11.0. The zero-order valence-electron chi connectivity index (χ0n) is 34.2. The van der Waals surface area contributed by atoms with Gasteiger partial charge in [-0.25, -0.2) is 19.9 Å². The van der Waals surface area contributed by atoms with Gasteiger partial charge in [0.1, 0.15) is 35.2 Å². The van der Waals surface area contributed by atoms with E-state index >= 15 is 0 Å². The summed E-state index contributed by atoms with van der Waals surface area (Å²) < 4.78 is 10.0. The van der Waals surface area contributed by atoms with Crippen LogP contribution in [0.25, 0.3) is 46.0 Å². The molecule has 0 fully saturated rings. The number of hydrogen-bond acceptors (Lipinski definition) is 12. The first-order chi connectivity index (χ1) is 29.7. The van der Waals surface area contributed by atoms with Gasteiger partial charge in [-0.05, 0) is 64.3 Å². The van der Waals surface area contributed by atoms with Gasteiger partial charge in [-0.3, -0.25) is 18.3 Å². The fraction of sp³-hybridized carbons (Fsp3) is 0.302. The van der Waals surface area contributed by atoms with E-state index in [1.54, 1.807) is 18.7 Å². The molecule has 18 heteroatoms. The summed E-state index contributed by atoms with van der Waals surface area (Å²) in [5, 5.41) is 18.7. The van der Waals surface area contributed by atoms with Crippen molar-refractivity contribution in [2.24, 2.45) is 0 Å². The van der Waals surface area contributed by atoms with Crippen molar-refractivity contribution in [3.63, 3.8) is 0 Å². The third-order valence-corrected chi connectivity index (χ3v) is 12.5. The Morgan fingerprint density at radius 1 is 0.656 bits per heavy atom. The van der Waals surface area contributed by atoms with Crippen LogP contribution in [-0.4, -0.2) is 80.7 Å². The molecule has 2 aromatic carbocycles. The molecule has 8 aromatic rings. The van der Waals surface area contributed by atoms with Gasteiger partial charge in [-0.15, -0.1) is 20.4 Å². The maximum absolute atomic E-state index is 5.28. The number of fused-ring (bicyclic) bond motifs is 6. The lowest BCUT2D eigenvalue weighted by Gasteiger charge is -2.41. The van der Waals surface area contributed by atoms with Crippen LogP contribution in [0.3, 0.4) is 0 Å². The predicted octanol–water partition coefficient (Wildman–Crippen LogP) is 8.63. The third-order valence-electron chi connectivity index (χ3n) is 11.5. The van der Waals surface area contributed by atoms with Crippen molar-refractivity contribution in [1.82, 2.24) is 68.6 Å². The molecule has 16 nitrogen and oxygen atoms in total. The van der Waals surface area contributed by atoms with Gasteiger partial charge >= 0.3 is 0 Å². The molecule has 0 radical (unpaired) electrons. The van der Waals surface area contributed by atoms with Crippen molar-refractivity contribution in [3.8, 4) is 46.0 Å². The molecule has 0 aliphatic carbocycles. The van der Waals surface area contributed by atoms with E-state index in [4.69, 9.17) is 40.1 Å². The molecule has 61 heavy (non-hydrogen) atoms. The summed E-state index contributed by atoms with van der Waals surface area (Å²) >= 11 is 7.22. The second-order valence-corrected chi connectivity index (χ2v) is 17.4. The topological polar surface area (TPSA) is 155 Å². The molecule has 0 spiro atoms. The normalized spacial score (nSPS) is 16.1. The second-order valence-electron chi connectivity index (χ2n) is 15.5. The first-order valence-electron chi connectivity index (χ1n) is 20.5. The number of anilines is 2. The monoisotopic (exact) mass is 940 g/mol. The molecule has 2 aliphatic heterocycles. The Hall–Kier alpha value is -6.14. The van der Waals surface area contributed by atoms with E-state index in [0.717, 1.165) is 91.5 Å². The highest BCUT2D eigenvalue weighted by Crippen LogP contribution is 2.43. The maximum Gasteiger partial charge on any atom is 0.237 e. The lowest BCUT2D eigenvalue weighted by molar-refractivity contribution is 0.459. The average molecular weight is 943 g/mol. The number of rotatable bonds is 11. The van der Waals surface area contributed by atoms with Gasteiger partial charge in [0.2, 0.25) is 11.9 Å². The Morgan fingerprint density at radius 2 is 1.25 bits per heavy atom. The molecular formula is C43H42Br2N16. The molecule has 6 aromatic heterocycles. The van der Waals surface area contributed by atoms with E-state index in [1.807, 2.05) is 87.0 Å². The lowest BCUT2D eigenvalue weighted by Crippen LogP contribution is -2.42. The average Bonchev–Trinajstić information content (AvgIpc) is 4.11. The summed E-state index contributed by atoms with van der Waals surface area (Å²) in [6, 6.07) is 16.2. The van der Waals surface area contributed by atoms with Crippen LogP contribution in [0.4, 0.5) is 11.6 Å². The van der Waals surface area contributed by atoms with Crippen LogP contribution in [0, 0.1) is 0 Å². The summed E-state index contributed by atoms with van der Waals surface area (Å²) in [5.74, 6) is 6.82. The summed E-state index contributed by atoms with van der Waals surface area (Å²) in [6.07, 6.45) is 15.9. The molecule has 2 aliphatic rings. The minimum Gasteiger partial charge on any atom is -0.342 e. The Morgan fingerprint density at radius 3 is 1.84 bits per heavy atom. The Labute approximate surface area is 369 Å². The number of halogens is 2. The van der Waals surface area contributed by atoms with Crippen LogP contribution in [0.1, 0.15) is 83.4 Å². The highest BCUT2D eigenvalue weighted by Gasteiger charge is 2.39. The zero-order valence-corrected chi connectivity index (χ0v) is 37.4. The first-order valence-corrected chi connectivity index (χ1v) is 22.1. The van der Waals surface area contributed by atoms with Crippen molar-refractivity contribution in [1.29, 1.82) is 0 Å². The Bertz CT molecular complexity index is 2890. The SMILES string of the molecule is CCC1c2nnc(CCC(C)N3c4nc(-n5ccnc5-c5cccc(Br)c5)ncc4-n4cnnc4C3CC)n2-c2cnc(-n3ccnc3-c3cccc(Br)c3)nc2N1C(C)C. The van der Waals surface area contributed by atoms with E-state index in [1.165, 1.54) is 0 Å². The summed E-state index contributed by atoms with van der Waals surface area (Å²) in [5.41, 5.74) is 3.59. The number of aromatic nitrogens is 14. The fourth-order valence-corrected chi connectivity index (χ4v) is 9.59. The molecule has 8 heterocycles. The first kappa shape index (κ1) is 39.0. The van der Waals surface area contributed by atoms with E-state index in [9.17, 15) is 0 Å². The predicted molar refractivity (Wildman–Crippen MR) is 238 cm³/mol. The molecule has 0 saturated carbocycles. The molecular weight excluding hydrogens is 900 g/mol. The standard InChI is InChI=1S/C43H42Br2N16/c1-6-31-40-54-50-24-58(40)33-22-48-42(56-18-16-46-36(56)27-10-8-12-29(44)20-27)51-38(33)60(31)26(5)14-15-35-53-55-41-32(7-2)59(25(3)4)39-34(61(35)41)23-49-43(52-39)57-19-17-47-37(57)28-11-9-13-30(45)21-28/h8-13,16-26,31-32H,6-7,14-15H2,1-5H3. The smallest absolute Gasteiger partial charge is 0.237 e. The van der Waals surface area contributed by atoms with Crippen LogP contribution in [0.15, 0.2) is 101 Å². The molecule has 0 saturated heterocycles. The Balaban J connectivity index is 1.00. The van der Waals surface area contributed by atoms with Crippen molar-refractivity contribution < 1.29 is 0 Å². The van der Waals surface area contributed by atoms with Crippen LogP contribution >= 0.6 is 31.9 Å². The van der Waals surface area contributed by atoms with Gasteiger partial charge in [-0.1, -0.05) is 70.0 Å². The molecule has 308 valence electrons. The van der Waals surface area contributed by atoms with Crippen LogP contribution in [-0.2, 0) is 6.42 Å². The van der Waals surface area contributed by atoms with E-state index < -0.39 is 0 Å². The van der Waals surface area contributed by atoms with Crippen molar-refractivity contribution in [3.05, 3.63) is 118 Å². The van der Waals surface area contributed by atoms with Crippen LogP contribution in [0.5, 0.6) is 0 Å². The minimum atomic E-state index is -0.0749. The van der Waals surface area contributed by atoms with Gasteiger partial charge in [0.25, 0.3) is 0 Å². The maximum atomic E-state index is 5.28. The molecule has 0 bridgehead atoms. The second kappa shape index (κ2) is 15.7. The van der Waals surface area contributed by atoms with Gasteiger partial charge in [0, 0.05) is 63.4 Å². The highest BCUT2D eigenvalue weighted by atomic mass is 79.9. The van der Waals surface area contributed by atoms with E-state index in [0.29, 0.717) is 18.3 Å². The largest absolute Gasteiger partial charge is 0.342 e. The quantitative estimate of drug-likeness (QED) is 0.122. The number of aryl methyl sites for hydroxylation is 1. The van der Waals surface area contributed by atoms with Crippen LogP contribution in [0.2, 0.25) is 0 Å². The number of imidazole rings is 2. The number of nitrogens with zero attached hydrogens (tertiary/aromatic N) is 16. The molecule has 0 amide bonds. The third kappa shape index (κ3) is 6.63. The summed E-state index contributed by atoms with van der Waals surface area (Å²) in [7, 11) is 0. The highest BCUT2D eigenvalue weighted by molar-refractivity contribution is 9.10. The van der Waals surface area contributed by atoms with Crippen molar-refractivity contribution in [2.75, 3.05) is 9.80 Å². The Kier molecular flexibility index (Phi) is 10.1. The van der Waals surface area contributed by atoms with E-state index in [2.05, 4.69) is 91.0 Å². The minimum absolute atomic E-state index is 0.00527. The van der Waals surface area contributed by atoms with Gasteiger partial charge in [-0.2, -0.15) is 9.97 Å². The molecule has 0 N–H and O–H groups in total. The van der Waals surface area contributed by atoms with Gasteiger partial charge in [0.15, 0.2) is 23.3 Å². The van der Waals surface area contributed by atoms with Crippen molar-refractivity contribution in [2.45, 2.75) is 84.5 Å². The fourth-order valence-electron chi connectivity index (χ4n) is 8.79. The van der Waals surface area contributed by atoms with Crippen molar-refractivity contribution >= 4 is 43.5 Å².